The van der Waals surface area contributed by atoms with E-state index in [2.05, 4.69) is 19.2 Å². The van der Waals surface area contributed by atoms with E-state index in [-0.39, 0.29) is 16.6 Å². The summed E-state index contributed by atoms with van der Waals surface area (Å²) in [5, 5.41) is 4.12. The van der Waals surface area contributed by atoms with Gasteiger partial charge >= 0.3 is 0 Å². The van der Waals surface area contributed by atoms with Crippen LogP contribution in [0.2, 0.25) is 5.02 Å². The number of hydrogen-bond donors (Lipinski definition) is 1. The molecule has 0 heterocycles. The van der Waals surface area contributed by atoms with Gasteiger partial charge in [-0.25, -0.2) is 4.39 Å². The van der Waals surface area contributed by atoms with Crippen LogP contribution in [-0.4, -0.2) is 11.4 Å². The fourth-order valence-electron chi connectivity index (χ4n) is 2.12. The number of hydrogen-bond acceptors (Lipinski definition) is 1. The van der Waals surface area contributed by atoms with Crippen LogP contribution in [0.5, 0.6) is 0 Å². The van der Waals surface area contributed by atoms with Gasteiger partial charge in [0, 0.05) is 23.0 Å². The fraction of sp³-hybridized carbons (Fsp3) is 0.538. The van der Waals surface area contributed by atoms with Gasteiger partial charge < -0.3 is 5.32 Å². The maximum absolute atomic E-state index is 12.9. The lowest BCUT2D eigenvalue weighted by Gasteiger charge is -2.49. The maximum Gasteiger partial charge on any atom is 0.124 e. The Bertz CT molecular complexity index is 420. The molecule has 1 aliphatic carbocycles. The SMILES string of the molecule is CC1(C)C(Cl)CC1NCc1ccc(F)cc1Cl. The normalized spacial score (nSPS) is 26.6. The smallest absolute Gasteiger partial charge is 0.124 e. The summed E-state index contributed by atoms with van der Waals surface area (Å²) in [5.74, 6) is -0.302. The molecular formula is C13H16Cl2FN. The highest BCUT2D eigenvalue weighted by Gasteiger charge is 2.46. The molecular weight excluding hydrogens is 260 g/mol. The molecule has 0 spiro atoms. The summed E-state index contributed by atoms with van der Waals surface area (Å²) < 4.78 is 12.9. The lowest BCUT2D eigenvalue weighted by Crippen LogP contribution is -2.57. The van der Waals surface area contributed by atoms with E-state index < -0.39 is 0 Å². The van der Waals surface area contributed by atoms with Gasteiger partial charge in [-0.05, 0) is 29.5 Å². The van der Waals surface area contributed by atoms with Crippen molar-refractivity contribution in [1.82, 2.24) is 5.32 Å². The van der Waals surface area contributed by atoms with E-state index in [1.807, 2.05) is 0 Å². The molecule has 0 aromatic heterocycles. The minimum atomic E-state index is -0.302. The minimum absolute atomic E-state index is 0.105. The quantitative estimate of drug-likeness (QED) is 0.823. The van der Waals surface area contributed by atoms with Crippen molar-refractivity contribution in [3.8, 4) is 0 Å². The first-order chi connectivity index (χ1) is 7.91. The summed E-state index contributed by atoms with van der Waals surface area (Å²) in [7, 11) is 0. The zero-order valence-corrected chi connectivity index (χ0v) is 11.4. The van der Waals surface area contributed by atoms with Crippen molar-refractivity contribution in [1.29, 1.82) is 0 Å². The Labute approximate surface area is 111 Å². The average molecular weight is 276 g/mol. The van der Waals surface area contributed by atoms with E-state index in [9.17, 15) is 4.39 Å². The third-order valence-corrected chi connectivity index (χ3v) is 4.79. The lowest BCUT2D eigenvalue weighted by atomic mass is 9.67. The van der Waals surface area contributed by atoms with Gasteiger partial charge in [0.25, 0.3) is 0 Å². The van der Waals surface area contributed by atoms with Crippen molar-refractivity contribution in [2.24, 2.45) is 5.41 Å². The monoisotopic (exact) mass is 275 g/mol. The highest BCUT2D eigenvalue weighted by atomic mass is 35.5. The van der Waals surface area contributed by atoms with Crippen LogP contribution in [0.15, 0.2) is 18.2 Å². The summed E-state index contributed by atoms with van der Waals surface area (Å²) in [6.07, 6.45) is 0.966. The van der Waals surface area contributed by atoms with Crippen LogP contribution in [0.25, 0.3) is 0 Å². The van der Waals surface area contributed by atoms with Crippen molar-refractivity contribution in [3.63, 3.8) is 0 Å². The summed E-state index contributed by atoms with van der Waals surface area (Å²) in [5.41, 5.74) is 1.02. The van der Waals surface area contributed by atoms with E-state index in [4.69, 9.17) is 23.2 Å². The topological polar surface area (TPSA) is 12.0 Å². The molecule has 17 heavy (non-hydrogen) atoms. The van der Waals surface area contributed by atoms with Gasteiger partial charge in [-0.15, -0.1) is 11.6 Å². The zero-order valence-electron chi connectivity index (χ0n) is 9.93. The van der Waals surface area contributed by atoms with Gasteiger partial charge in [0.2, 0.25) is 0 Å². The highest BCUT2D eigenvalue weighted by Crippen LogP contribution is 2.44. The van der Waals surface area contributed by atoms with E-state index in [1.165, 1.54) is 12.1 Å². The van der Waals surface area contributed by atoms with Crippen molar-refractivity contribution in [2.45, 2.75) is 38.2 Å². The fourth-order valence-corrected chi connectivity index (χ4v) is 2.68. The lowest BCUT2D eigenvalue weighted by molar-refractivity contribution is 0.115. The van der Waals surface area contributed by atoms with Gasteiger partial charge in [0.15, 0.2) is 0 Å². The third kappa shape index (κ3) is 2.59. The minimum Gasteiger partial charge on any atom is -0.309 e. The largest absolute Gasteiger partial charge is 0.309 e. The zero-order chi connectivity index (χ0) is 12.6. The third-order valence-electron chi connectivity index (χ3n) is 3.70. The number of rotatable bonds is 3. The second kappa shape index (κ2) is 4.75. The molecule has 0 saturated heterocycles. The van der Waals surface area contributed by atoms with Crippen LogP contribution in [0.4, 0.5) is 4.39 Å². The summed E-state index contributed by atoms with van der Waals surface area (Å²) >= 11 is 12.1. The molecule has 0 bridgehead atoms. The molecule has 1 aromatic carbocycles. The molecule has 1 N–H and O–H groups in total. The summed E-state index contributed by atoms with van der Waals surface area (Å²) in [4.78, 5) is 0. The average Bonchev–Trinajstić information content (AvgIpc) is 2.26. The van der Waals surface area contributed by atoms with Crippen molar-refractivity contribution in [3.05, 3.63) is 34.6 Å². The molecule has 4 heteroatoms. The van der Waals surface area contributed by atoms with Crippen molar-refractivity contribution >= 4 is 23.2 Å². The Morgan fingerprint density at radius 3 is 2.71 bits per heavy atom. The van der Waals surface area contributed by atoms with Crippen LogP contribution < -0.4 is 5.32 Å². The first kappa shape index (κ1) is 13.1. The second-order valence-corrected chi connectivity index (χ2v) is 6.13. The Balaban J connectivity index is 1.95. The Morgan fingerprint density at radius 2 is 2.18 bits per heavy atom. The molecule has 0 amide bonds. The highest BCUT2D eigenvalue weighted by molar-refractivity contribution is 6.31. The number of nitrogens with one attached hydrogen (secondary N) is 1. The molecule has 94 valence electrons. The molecule has 0 radical (unpaired) electrons. The van der Waals surface area contributed by atoms with Crippen molar-refractivity contribution in [2.75, 3.05) is 0 Å². The van der Waals surface area contributed by atoms with Gasteiger partial charge in [0.05, 0.1) is 0 Å². The standard InChI is InChI=1S/C13H16Cl2FN/c1-13(2)11(15)6-12(13)17-7-8-3-4-9(16)5-10(8)14/h3-5,11-12,17H,6-7H2,1-2H3. The van der Waals surface area contributed by atoms with E-state index in [1.54, 1.807) is 6.07 Å². The molecule has 1 aliphatic rings. The molecule has 2 atom stereocenters. The van der Waals surface area contributed by atoms with Gasteiger partial charge in [-0.2, -0.15) is 0 Å². The Hall–Kier alpha value is -0.310. The number of alkyl halides is 1. The number of benzene rings is 1. The maximum atomic E-state index is 12.9. The van der Waals surface area contributed by atoms with Crippen molar-refractivity contribution < 1.29 is 4.39 Å². The van der Waals surface area contributed by atoms with Crippen LogP contribution in [0.3, 0.4) is 0 Å². The predicted octanol–water partition coefficient (Wildman–Crippen LogP) is 3.97. The van der Waals surface area contributed by atoms with Crippen LogP contribution in [-0.2, 0) is 6.54 Å². The first-order valence-corrected chi connectivity index (χ1v) is 6.54. The van der Waals surface area contributed by atoms with Crippen LogP contribution in [0.1, 0.15) is 25.8 Å². The molecule has 1 fully saturated rings. The molecule has 2 rings (SSSR count). The Morgan fingerprint density at radius 1 is 1.47 bits per heavy atom. The van der Waals surface area contributed by atoms with Gasteiger partial charge in [-0.1, -0.05) is 31.5 Å². The molecule has 1 saturated carbocycles. The van der Waals surface area contributed by atoms with E-state index in [0.717, 1.165) is 12.0 Å². The summed E-state index contributed by atoms with van der Waals surface area (Å²) in [6, 6.07) is 4.88. The first-order valence-electron chi connectivity index (χ1n) is 5.72. The molecule has 0 aliphatic heterocycles. The molecule has 2 unspecified atom stereocenters. The second-order valence-electron chi connectivity index (χ2n) is 5.19. The van der Waals surface area contributed by atoms with Gasteiger partial charge in [-0.3, -0.25) is 0 Å². The van der Waals surface area contributed by atoms with E-state index in [0.29, 0.717) is 17.6 Å². The van der Waals surface area contributed by atoms with E-state index >= 15 is 0 Å². The van der Waals surface area contributed by atoms with Crippen LogP contribution >= 0.6 is 23.2 Å². The summed E-state index contributed by atoms with van der Waals surface area (Å²) in [6.45, 7) is 4.95. The number of halogens is 3. The predicted molar refractivity (Wildman–Crippen MR) is 70.1 cm³/mol. The van der Waals surface area contributed by atoms with Gasteiger partial charge in [0.1, 0.15) is 5.82 Å². The molecule has 1 aromatic rings. The Kier molecular flexibility index (Phi) is 3.67. The van der Waals surface area contributed by atoms with Crippen LogP contribution in [0, 0.1) is 11.2 Å². The molecule has 1 nitrogen and oxygen atoms in total.